The summed E-state index contributed by atoms with van der Waals surface area (Å²) in [7, 11) is 2.10. The Hall–Kier alpha value is -1.59. The number of aromatic nitrogens is 1. The first-order chi connectivity index (χ1) is 10.6. The number of benzene rings is 1. The van der Waals surface area contributed by atoms with Gasteiger partial charge < -0.3 is 14.6 Å². The van der Waals surface area contributed by atoms with Crippen molar-refractivity contribution in [2.24, 2.45) is 0 Å². The molecule has 0 aliphatic carbocycles. The Balaban J connectivity index is 2.18. The first kappa shape index (κ1) is 16.8. The lowest BCUT2D eigenvalue weighted by Gasteiger charge is -2.15. The fraction of sp³-hybridized carbons (Fsp3) is 0.471. The number of rotatable bonds is 8. The number of aromatic amines is 1. The number of ether oxygens (including phenoxy) is 1. The van der Waals surface area contributed by atoms with Crippen molar-refractivity contribution < 1.29 is 4.74 Å². The predicted octanol–water partition coefficient (Wildman–Crippen LogP) is 3.73. The van der Waals surface area contributed by atoms with Crippen LogP contribution in [0.4, 0.5) is 0 Å². The van der Waals surface area contributed by atoms with Crippen molar-refractivity contribution >= 4 is 11.3 Å². The maximum Gasteiger partial charge on any atom is 0.305 e. The smallest absolute Gasteiger partial charge is 0.305 e. The van der Waals surface area contributed by atoms with Crippen molar-refractivity contribution in [2.45, 2.75) is 33.2 Å². The maximum absolute atomic E-state index is 11.8. The summed E-state index contributed by atoms with van der Waals surface area (Å²) in [5, 5.41) is 0. The monoisotopic (exact) mass is 320 g/mol. The number of hydrogen-bond donors (Lipinski definition) is 1. The van der Waals surface area contributed by atoms with Gasteiger partial charge in [0.15, 0.2) is 0 Å². The Morgan fingerprint density at radius 3 is 2.59 bits per heavy atom. The molecule has 2 rings (SSSR count). The third-order valence-corrected chi connectivity index (χ3v) is 4.35. The molecule has 2 aromatic rings. The number of hydrogen-bond acceptors (Lipinski definition) is 4. The first-order valence-electron chi connectivity index (χ1n) is 7.77. The van der Waals surface area contributed by atoms with E-state index in [4.69, 9.17) is 4.74 Å². The molecule has 120 valence electrons. The van der Waals surface area contributed by atoms with Crippen molar-refractivity contribution in [3.8, 4) is 17.0 Å². The van der Waals surface area contributed by atoms with E-state index in [1.54, 1.807) is 0 Å². The van der Waals surface area contributed by atoms with Gasteiger partial charge in [-0.15, -0.1) is 0 Å². The normalized spacial score (nSPS) is 11.1. The SMILES string of the molecule is CCCCN(C)Cc1sc(=O)[nH]c1-c1ccc(OCC)cc1. The van der Waals surface area contributed by atoms with Crippen molar-refractivity contribution in [3.05, 3.63) is 38.8 Å². The molecule has 1 N–H and O–H groups in total. The van der Waals surface area contributed by atoms with Crippen LogP contribution in [0.15, 0.2) is 29.1 Å². The highest BCUT2D eigenvalue weighted by Crippen LogP contribution is 2.26. The van der Waals surface area contributed by atoms with Crippen molar-refractivity contribution in [1.29, 1.82) is 0 Å². The van der Waals surface area contributed by atoms with Crippen LogP contribution < -0.4 is 9.61 Å². The zero-order valence-corrected chi connectivity index (χ0v) is 14.3. The fourth-order valence-electron chi connectivity index (χ4n) is 2.34. The summed E-state index contributed by atoms with van der Waals surface area (Å²) < 4.78 is 5.46. The van der Waals surface area contributed by atoms with E-state index < -0.39 is 0 Å². The minimum Gasteiger partial charge on any atom is -0.494 e. The number of nitrogens with one attached hydrogen (secondary N) is 1. The molecular formula is C17H24N2O2S. The van der Waals surface area contributed by atoms with Gasteiger partial charge in [0.05, 0.1) is 12.3 Å². The topological polar surface area (TPSA) is 45.3 Å². The number of unbranched alkanes of at least 4 members (excludes halogenated alkanes) is 1. The Morgan fingerprint density at radius 2 is 1.95 bits per heavy atom. The Morgan fingerprint density at radius 1 is 1.23 bits per heavy atom. The molecule has 0 aliphatic rings. The molecule has 0 amide bonds. The summed E-state index contributed by atoms with van der Waals surface area (Å²) in [6.07, 6.45) is 2.35. The van der Waals surface area contributed by atoms with Gasteiger partial charge in [0.25, 0.3) is 0 Å². The lowest BCUT2D eigenvalue weighted by atomic mass is 10.1. The van der Waals surface area contributed by atoms with Crippen molar-refractivity contribution in [1.82, 2.24) is 9.88 Å². The molecule has 0 spiro atoms. The molecule has 0 radical (unpaired) electrons. The Kier molecular flexibility index (Phi) is 6.21. The summed E-state index contributed by atoms with van der Waals surface area (Å²) in [6.45, 7) is 6.65. The standard InChI is InChI=1S/C17H24N2O2S/c1-4-6-11-19(3)12-15-16(18-17(20)22-15)13-7-9-14(10-8-13)21-5-2/h7-10H,4-6,11-12H2,1-3H3,(H,18,20). The van der Waals surface area contributed by atoms with E-state index in [2.05, 4.69) is 23.9 Å². The van der Waals surface area contributed by atoms with Gasteiger partial charge in [0.2, 0.25) is 0 Å². The number of H-pyrrole nitrogens is 1. The summed E-state index contributed by atoms with van der Waals surface area (Å²) >= 11 is 1.30. The van der Waals surface area contributed by atoms with Gasteiger partial charge in [-0.1, -0.05) is 24.7 Å². The molecule has 0 aliphatic heterocycles. The third-order valence-electron chi connectivity index (χ3n) is 3.48. The van der Waals surface area contributed by atoms with Gasteiger partial charge in [0, 0.05) is 11.4 Å². The lowest BCUT2D eigenvalue weighted by Crippen LogP contribution is -2.18. The van der Waals surface area contributed by atoms with Crippen LogP contribution in [0.1, 0.15) is 31.6 Å². The van der Waals surface area contributed by atoms with E-state index in [1.165, 1.54) is 24.2 Å². The second-order valence-electron chi connectivity index (χ2n) is 5.36. The van der Waals surface area contributed by atoms with Crippen LogP contribution in [0.25, 0.3) is 11.3 Å². The molecular weight excluding hydrogens is 296 g/mol. The Bertz CT molecular complexity index is 631. The van der Waals surface area contributed by atoms with E-state index in [0.717, 1.165) is 35.0 Å². The van der Waals surface area contributed by atoms with Crippen molar-refractivity contribution in [3.63, 3.8) is 0 Å². The van der Waals surface area contributed by atoms with Gasteiger partial charge in [-0.05, 0) is 56.8 Å². The molecule has 1 aromatic carbocycles. The predicted molar refractivity (Wildman–Crippen MR) is 92.8 cm³/mol. The molecule has 0 saturated carbocycles. The summed E-state index contributed by atoms with van der Waals surface area (Å²) in [4.78, 5) is 18.1. The van der Waals surface area contributed by atoms with Gasteiger partial charge in [0.1, 0.15) is 5.75 Å². The van der Waals surface area contributed by atoms with Crippen LogP contribution in [-0.2, 0) is 6.54 Å². The maximum atomic E-state index is 11.8. The summed E-state index contributed by atoms with van der Waals surface area (Å²) in [5.74, 6) is 0.852. The van der Waals surface area contributed by atoms with Crippen molar-refractivity contribution in [2.75, 3.05) is 20.2 Å². The fourth-order valence-corrected chi connectivity index (χ4v) is 3.27. The molecule has 22 heavy (non-hydrogen) atoms. The highest BCUT2D eigenvalue weighted by atomic mass is 32.1. The van der Waals surface area contributed by atoms with E-state index in [-0.39, 0.29) is 4.87 Å². The Labute approximate surface area is 135 Å². The average Bonchev–Trinajstić information content (AvgIpc) is 2.87. The van der Waals surface area contributed by atoms with Crippen LogP contribution in [0.5, 0.6) is 5.75 Å². The van der Waals surface area contributed by atoms with E-state index >= 15 is 0 Å². The molecule has 0 unspecified atom stereocenters. The molecule has 1 heterocycles. The third kappa shape index (κ3) is 4.45. The second-order valence-corrected chi connectivity index (χ2v) is 6.43. The van der Waals surface area contributed by atoms with Gasteiger partial charge >= 0.3 is 4.87 Å². The minimum absolute atomic E-state index is 0.00257. The lowest BCUT2D eigenvalue weighted by molar-refractivity contribution is 0.324. The molecule has 0 atom stereocenters. The van der Waals surface area contributed by atoms with Crippen LogP contribution in [0, 0.1) is 0 Å². The van der Waals surface area contributed by atoms with Crippen LogP contribution in [-0.4, -0.2) is 30.1 Å². The molecule has 0 bridgehead atoms. The highest BCUT2D eigenvalue weighted by Gasteiger charge is 2.12. The zero-order chi connectivity index (χ0) is 15.9. The van der Waals surface area contributed by atoms with E-state index in [1.807, 2.05) is 31.2 Å². The van der Waals surface area contributed by atoms with Crippen LogP contribution in [0.3, 0.4) is 0 Å². The van der Waals surface area contributed by atoms with E-state index in [0.29, 0.717) is 6.61 Å². The number of nitrogens with zero attached hydrogens (tertiary/aromatic N) is 1. The molecule has 1 aromatic heterocycles. The van der Waals surface area contributed by atoms with Gasteiger partial charge in [-0.2, -0.15) is 0 Å². The highest BCUT2D eigenvalue weighted by molar-refractivity contribution is 7.09. The molecule has 5 heteroatoms. The van der Waals surface area contributed by atoms with Gasteiger partial charge in [-0.25, -0.2) is 0 Å². The first-order valence-corrected chi connectivity index (χ1v) is 8.59. The summed E-state index contributed by atoms with van der Waals surface area (Å²) in [6, 6.07) is 7.88. The molecule has 4 nitrogen and oxygen atoms in total. The average molecular weight is 320 g/mol. The second kappa shape index (κ2) is 8.15. The number of thiazole rings is 1. The summed E-state index contributed by atoms with van der Waals surface area (Å²) in [5.41, 5.74) is 1.96. The van der Waals surface area contributed by atoms with Crippen LogP contribution >= 0.6 is 11.3 Å². The van der Waals surface area contributed by atoms with Crippen LogP contribution in [0.2, 0.25) is 0 Å². The largest absolute Gasteiger partial charge is 0.494 e. The minimum atomic E-state index is 0.00257. The van der Waals surface area contributed by atoms with Gasteiger partial charge in [-0.3, -0.25) is 4.79 Å². The quantitative estimate of drug-likeness (QED) is 0.806. The zero-order valence-electron chi connectivity index (χ0n) is 13.5. The molecule has 0 fully saturated rings. The van der Waals surface area contributed by atoms with E-state index in [9.17, 15) is 4.79 Å². The molecule has 0 saturated heterocycles.